The van der Waals surface area contributed by atoms with E-state index in [1.165, 1.54) is 10.8 Å². The first kappa shape index (κ1) is 36.7. The summed E-state index contributed by atoms with van der Waals surface area (Å²) in [6, 6.07) is 70.9. The van der Waals surface area contributed by atoms with Gasteiger partial charge in [-0.1, -0.05) is 146 Å². The average Bonchev–Trinajstić information content (AvgIpc) is 3.89. The second-order valence-electron chi connectivity index (χ2n) is 15.4. The molecule has 6 heteroatoms. The van der Waals surface area contributed by atoms with Crippen LogP contribution in [0, 0.1) is 0 Å². The van der Waals surface area contributed by atoms with Crippen LogP contribution in [0.15, 0.2) is 227 Å². The maximum Gasteiger partial charge on any atom is 0.157 e. The number of hydrogen-bond donors (Lipinski definition) is 1. The van der Waals surface area contributed by atoms with E-state index in [4.69, 9.17) is 25.1 Å². The Labute approximate surface area is 358 Å². The molecule has 0 aliphatic rings. The summed E-state index contributed by atoms with van der Waals surface area (Å²) >= 11 is 0. The highest BCUT2D eigenvalue weighted by Crippen LogP contribution is 2.42. The number of benzene rings is 8. The Bertz CT molecular complexity index is 3480. The third-order valence-corrected chi connectivity index (χ3v) is 11.6. The lowest BCUT2D eigenvalue weighted by atomic mass is 9.97. The largest absolute Gasteiger partial charge is 0.456 e. The SMILES string of the molecule is NC(=NC(=NCc1cc(-c2cccc(-c3ccccc3)c2)cnc1-c1ccc2oc3ccc4c5ccccc5n(-c5ccccc5)c4c3c2c1)c1ccccc1)c1ccccc1. The fraction of sp³-hybridized carbons (Fsp3) is 0.0179. The van der Waals surface area contributed by atoms with Crippen molar-refractivity contribution >= 4 is 55.4 Å². The first-order valence-electron chi connectivity index (χ1n) is 20.7. The van der Waals surface area contributed by atoms with E-state index in [-0.39, 0.29) is 0 Å². The van der Waals surface area contributed by atoms with Crippen molar-refractivity contribution in [2.24, 2.45) is 15.7 Å². The van der Waals surface area contributed by atoms with Crippen LogP contribution in [-0.2, 0) is 6.54 Å². The summed E-state index contributed by atoms with van der Waals surface area (Å²) in [5.74, 6) is 0.941. The molecule has 0 amide bonds. The quantitative estimate of drug-likeness (QED) is 0.123. The highest BCUT2D eigenvalue weighted by Gasteiger charge is 2.20. The van der Waals surface area contributed by atoms with E-state index in [0.717, 1.165) is 88.9 Å². The molecule has 3 aromatic heterocycles. The molecule has 0 spiro atoms. The molecular weight excluding hydrogens is 759 g/mol. The first-order valence-corrected chi connectivity index (χ1v) is 20.7. The standard InChI is InChI=1S/C56H39N5O/c57-55(38-18-7-2-8-19-38)60-56(39-20-9-3-10-21-39)59-36-44-33-43(41-23-15-22-40(32-41)37-16-5-1-6-17-37)35-58-53(44)42-28-30-50-48(34-42)52-51(62-50)31-29-47-46-26-13-14-27-49(46)61(54(47)52)45-24-11-4-12-25-45/h1-35H,36H2,(H2,57,59,60). The van der Waals surface area contributed by atoms with Gasteiger partial charge in [0.05, 0.1) is 28.7 Å². The molecule has 3 heterocycles. The molecule has 0 atom stereocenters. The van der Waals surface area contributed by atoms with Gasteiger partial charge in [-0.3, -0.25) is 9.98 Å². The molecule has 0 saturated carbocycles. The Morgan fingerprint density at radius 2 is 1.16 bits per heavy atom. The molecule has 0 saturated heterocycles. The summed E-state index contributed by atoms with van der Waals surface area (Å²) in [5, 5.41) is 4.44. The van der Waals surface area contributed by atoms with Gasteiger partial charge in [0.1, 0.15) is 17.0 Å². The molecular formula is C56H39N5O. The summed E-state index contributed by atoms with van der Waals surface area (Å²) in [5.41, 5.74) is 20.4. The van der Waals surface area contributed by atoms with Crippen molar-refractivity contribution < 1.29 is 4.42 Å². The Hall–Kier alpha value is -8.35. The lowest BCUT2D eigenvalue weighted by Gasteiger charge is -2.12. The van der Waals surface area contributed by atoms with Crippen molar-refractivity contribution in [2.75, 3.05) is 0 Å². The zero-order valence-electron chi connectivity index (χ0n) is 33.7. The molecule has 62 heavy (non-hydrogen) atoms. The summed E-state index contributed by atoms with van der Waals surface area (Å²) < 4.78 is 8.97. The molecule has 0 fully saturated rings. The smallest absolute Gasteiger partial charge is 0.157 e. The maximum atomic E-state index is 6.63. The molecule has 0 aliphatic carbocycles. The van der Waals surface area contributed by atoms with Gasteiger partial charge >= 0.3 is 0 Å². The minimum atomic E-state index is 0.307. The summed E-state index contributed by atoms with van der Waals surface area (Å²) in [6.45, 7) is 0.307. The van der Waals surface area contributed by atoms with E-state index < -0.39 is 0 Å². The van der Waals surface area contributed by atoms with Crippen LogP contribution >= 0.6 is 0 Å². The summed E-state index contributed by atoms with van der Waals surface area (Å²) in [6.07, 6.45) is 1.97. The van der Waals surface area contributed by atoms with Gasteiger partial charge in [-0.2, -0.15) is 0 Å². The minimum absolute atomic E-state index is 0.307. The highest BCUT2D eigenvalue weighted by molar-refractivity contribution is 6.24. The average molecular weight is 798 g/mol. The predicted molar refractivity (Wildman–Crippen MR) is 256 cm³/mol. The highest BCUT2D eigenvalue weighted by atomic mass is 16.3. The van der Waals surface area contributed by atoms with Gasteiger partial charge in [0.2, 0.25) is 0 Å². The molecule has 11 aromatic rings. The number of nitrogens with zero attached hydrogens (tertiary/aromatic N) is 4. The summed E-state index contributed by atoms with van der Waals surface area (Å²) in [4.78, 5) is 15.4. The molecule has 2 N–H and O–H groups in total. The van der Waals surface area contributed by atoms with Crippen LogP contribution in [0.1, 0.15) is 16.7 Å². The van der Waals surface area contributed by atoms with Crippen molar-refractivity contribution in [3.05, 3.63) is 229 Å². The van der Waals surface area contributed by atoms with Gasteiger partial charge in [0.15, 0.2) is 5.84 Å². The van der Waals surface area contributed by atoms with Gasteiger partial charge < -0.3 is 14.7 Å². The van der Waals surface area contributed by atoms with Crippen molar-refractivity contribution in [1.82, 2.24) is 9.55 Å². The number of amidine groups is 2. The molecule has 8 aromatic carbocycles. The van der Waals surface area contributed by atoms with Crippen molar-refractivity contribution in [2.45, 2.75) is 6.54 Å². The maximum absolute atomic E-state index is 6.63. The van der Waals surface area contributed by atoms with E-state index in [9.17, 15) is 0 Å². The van der Waals surface area contributed by atoms with Crippen LogP contribution in [0.4, 0.5) is 0 Å². The molecule has 6 nitrogen and oxygen atoms in total. The van der Waals surface area contributed by atoms with Crippen LogP contribution in [0.3, 0.4) is 0 Å². The van der Waals surface area contributed by atoms with Gasteiger partial charge in [0, 0.05) is 55.9 Å². The monoisotopic (exact) mass is 797 g/mol. The van der Waals surface area contributed by atoms with Crippen LogP contribution < -0.4 is 5.73 Å². The number of para-hydroxylation sites is 2. The van der Waals surface area contributed by atoms with Crippen molar-refractivity contribution in [1.29, 1.82) is 0 Å². The van der Waals surface area contributed by atoms with E-state index >= 15 is 0 Å². The predicted octanol–water partition coefficient (Wildman–Crippen LogP) is 13.4. The van der Waals surface area contributed by atoms with Crippen LogP contribution in [0.25, 0.3) is 82.9 Å². The minimum Gasteiger partial charge on any atom is -0.456 e. The van der Waals surface area contributed by atoms with Crippen LogP contribution in [-0.4, -0.2) is 21.2 Å². The number of aromatic nitrogens is 2. The molecule has 294 valence electrons. The van der Waals surface area contributed by atoms with E-state index in [0.29, 0.717) is 18.2 Å². The number of furan rings is 1. The van der Waals surface area contributed by atoms with Gasteiger partial charge in [-0.05, 0) is 77.4 Å². The van der Waals surface area contributed by atoms with E-state index in [2.05, 4.69) is 144 Å². The number of aliphatic imine (C=N–C) groups is 2. The molecule has 11 rings (SSSR count). The second kappa shape index (κ2) is 15.7. The Morgan fingerprint density at radius 3 is 1.94 bits per heavy atom. The topological polar surface area (TPSA) is 81.7 Å². The molecule has 0 bridgehead atoms. The van der Waals surface area contributed by atoms with Crippen LogP contribution in [0.5, 0.6) is 0 Å². The number of fused-ring (bicyclic) bond motifs is 7. The molecule has 0 radical (unpaired) electrons. The Balaban J connectivity index is 1.10. The summed E-state index contributed by atoms with van der Waals surface area (Å²) in [7, 11) is 0. The fourth-order valence-corrected chi connectivity index (χ4v) is 8.59. The van der Waals surface area contributed by atoms with E-state index in [1.807, 2.05) is 72.9 Å². The lowest BCUT2D eigenvalue weighted by Crippen LogP contribution is -2.16. The molecule has 0 aliphatic heterocycles. The first-order chi connectivity index (χ1) is 30.7. The van der Waals surface area contributed by atoms with Gasteiger partial charge in [-0.25, -0.2) is 4.99 Å². The number of nitrogens with two attached hydrogens (primary N) is 1. The fourth-order valence-electron chi connectivity index (χ4n) is 8.59. The van der Waals surface area contributed by atoms with Crippen molar-refractivity contribution in [3.8, 4) is 39.2 Å². The van der Waals surface area contributed by atoms with E-state index in [1.54, 1.807) is 0 Å². The zero-order chi connectivity index (χ0) is 41.4. The normalized spacial score (nSPS) is 12.2. The number of hydrogen-bond acceptors (Lipinski definition) is 3. The zero-order valence-corrected chi connectivity index (χ0v) is 33.7. The third kappa shape index (κ3) is 6.70. The third-order valence-electron chi connectivity index (χ3n) is 11.6. The Kier molecular flexibility index (Phi) is 9.28. The molecule has 0 unspecified atom stereocenters. The second-order valence-corrected chi connectivity index (χ2v) is 15.4. The lowest BCUT2D eigenvalue weighted by molar-refractivity contribution is 0.669. The Morgan fingerprint density at radius 1 is 0.516 bits per heavy atom. The van der Waals surface area contributed by atoms with Gasteiger partial charge in [-0.15, -0.1) is 0 Å². The number of rotatable bonds is 8. The van der Waals surface area contributed by atoms with Crippen LogP contribution in [0.2, 0.25) is 0 Å². The van der Waals surface area contributed by atoms with Crippen molar-refractivity contribution in [3.63, 3.8) is 0 Å². The number of pyridine rings is 1. The van der Waals surface area contributed by atoms with Gasteiger partial charge in [0.25, 0.3) is 0 Å².